The van der Waals surface area contributed by atoms with Crippen LogP contribution in [0.3, 0.4) is 0 Å². The Kier molecular flexibility index (Phi) is 5.84. The minimum Gasteiger partial charge on any atom is -0.479 e. The summed E-state index contributed by atoms with van der Waals surface area (Å²) in [5.74, 6) is 1.14. The van der Waals surface area contributed by atoms with Gasteiger partial charge in [-0.3, -0.25) is 0 Å². The summed E-state index contributed by atoms with van der Waals surface area (Å²) in [7, 11) is 1.80. The van der Waals surface area contributed by atoms with Crippen molar-refractivity contribution >= 4 is 57.2 Å². The van der Waals surface area contributed by atoms with E-state index in [-0.39, 0.29) is 18.4 Å². The highest BCUT2D eigenvalue weighted by Crippen LogP contribution is 2.40. The first-order valence-electron chi connectivity index (χ1n) is 8.21. The van der Waals surface area contributed by atoms with Gasteiger partial charge < -0.3 is 10.0 Å². The molecule has 0 fully saturated rings. The molecule has 1 aromatic carbocycles. The van der Waals surface area contributed by atoms with Crippen molar-refractivity contribution in [3.8, 4) is 22.7 Å². The Hall–Kier alpha value is -2.99. The molecule has 0 aliphatic rings. The van der Waals surface area contributed by atoms with Gasteiger partial charge in [0, 0.05) is 30.6 Å². The van der Waals surface area contributed by atoms with Crippen LogP contribution in [0.5, 0.6) is 6.01 Å². The molecule has 146 valence electrons. The summed E-state index contributed by atoms with van der Waals surface area (Å²) in [5.41, 5.74) is 2.44. The number of halogens is 2. The Bertz CT molecular complexity index is 1230. The normalized spacial score (nSPS) is 10.4. The number of hydrogen-bond donors (Lipinski definition) is 1. The Balaban J connectivity index is 0.00000240. The van der Waals surface area contributed by atoms with Crippen molar-refractivity contribution in [2.45, 2.75) is 6.92 Å². The number of aromatic hydroxyl groups is 1. The molecule has 10 heteroatoms. The SMILES string of the molecule is Cc1cc(N(C)c2nccc3nc(-c4c(Cl)cccc4C#N)sc23)nc(O)n1.Cl. The second-order valence-corrected chi connectivity index (χ2v) is 7.41. The van der Waals surface area contributed by atoms with Crippen molar-refractivity contribution in [2.24, 2.45) is 0 Å². The zero-order chi connectivity index (χ0) is 19.8. The molecule has 29 heavy (non-hydrogen) atoms. The van der Waals surface area contributed by atoms with Gasteiger partial charge in [0.05, 0.1) is 26.9 Å². The maximum atomic E-state index is 9.72. The first-order chi connectivity index (χ1) is 13.5. The van der Waals surface area contributed by atoms with E-state index in [1.807, 2.05) is 0 Å². The van der Waals surface area contributed by atoms with Crippen molar-refractivity contribution in [3.63, 3.8) is 0 Å². The lowest BCUT2D eigenvalue weighted by atomic mass is 10.1. The Morgan fingerprint density at radius 1 is 1.21 bits per heavy atom. The van der Waals surface area contributed by atoms with Gasteiger partial charge in [-0.25, -0.2) is 15.0 Å². The number of rotatable bonds is 3. The average molecular weight is 445 g/mol. The highest BCUT2D eigenvalue weighted by atomic mass is 35.5. The summed E-state index contributed by atoms with van der Waals surface area (Å²) in [5, 5.41) is 20.3. The minimum atomic E-state index is -0.297. The molecule has 3 heterocycles. The average Bonchev–Trinajstić information content (AvgIpc) is 3.10. The van der Waals surface area contributed by atoms with E-state index in [1.165, 1.54) is 11.3 Å². The molecule has 4 aromatic rings. The van der Waals surface area contributed by atoms with Gasteiger partial charge in [-0.2, -0.15) is 10.2 Å². The van der Waals surface area contributed by atoms with Crippen molar-refractivity contribution in [1.29, 1.82) is 5.26 Å². The van der Waals surface area contributed by atoms with E-state index in [1.54, 1.807) is 55.4 Å². The van der Waals surface area contributed by atoms with Crippen LogP contribution in [0.1, 0.15) is 11.3 Å². The lowest BCUT2D eigenvalue weighted by Crippen LogP contribution is -2.13. The van der Waals surface area contributed by atoms with Gasteiger partial charge in [-0.15, -0.1) is 23.7 Å². The second kappa shape index (κ2) is 8.17. The first-order valence-corrected chi connectivity index (χ1v) is 9.40. The molecule has 0 aliphatic heterocycles. The summed E-state index contributed by atoms with van der Waals surface area (Å²) in [6.45, 7) is 1.78. The van der Waals surface area contributed by atoms with Crippen molar-refractivity contribution in [1.82, 2.24) is 19.9 Å². The molecule has 0 saturated heterocycles. The topological polar surface area (TPSA) is 98.8 Å². The number of thiazole rings is 1. The Morgan fingerprint density at radius 2 is 2.00 bits per heavy atom. The summed E-state index contributed by atoms with van der Waals surface area (Å²) in [6, 6.07) is 10.6. The Morgan fingerprint density at radius 3 is 2.72 bits per heavy atom. The number of anilines is 2. The predicted octanol–water partition coefficient (Wildman–Crippen LogP) is 4.88. The molecule has 0 atom stereocenters. The van der Waals surface area contributed by atoms with Crippen molar-refractivity contribution < 1.29 is 5.11 Å². The van der Waals surface area contributed by atoms with E-state index in [0.717, 1.165) is 10.2 Å². The van der Waals surface area contributed by atoms with Gasteiger partial charge in [0.15, 0.2) is 5.82 Å². The number of nitriles is 1. The van der Waals surface area contributed by atoms with Gasteiger partial charge in [-0.05, 0) is 25.1 Å². The largest absolute Gasteiger partial charge is 0.479 e. The van der Waals surface area contributed by atoms with Crippen LogP contribution < -0.4 is 4.90 Å². The third kappa shape index (κ3) is 3.80. The third-order valence-electron chi connectivity index (χ3n) is 4.12. The monoisotopic (exact) mass is 444 g/mol. The molecule has 1 N–H and O–H groups in total. The maximum Gasteiger partial charge on any atom is 0.316 e. The smallest absolute Gasteiger partial charge is 0.316 e. The molecular weight excluding hydrogens is 431 g/mol. The van der Waals surface area contributed by atoms with Gasteiger partial charge in [0.25, 0.3) is 0 Å². The molecule has 0 radical (unpaired) electrons. The second-order valence-electron chi connectivity index (χ2n) is 6.00. The van der Waals surface area contributed by atoms with E-state index in [4.69, 9.17) is 11.6 Å². The van der Waals surface area contributed by atoms with E-state index in [2.05, 4.69) is 26.0 Å². The molecule has 0 saturated carbocycles. The van der Waals surface area contributed by atoms with Crippen LogP contribution in [0, 0.1) is 18.3 Å². The molecule has 4 rings (SSSR count). The number of pyridine rings is 1. The molecule has 0 amide bonds. The maximum absolute atomic E-state index is 9.72. The van der Waals surface area contributed by atoms with Crippen LogP contribution in [-0.4, -0.2) is 32.1 Å². The molecular formula is C19H14Cl2N6OS. The number of aryl methyl sites for hydroxylation is 1. The molecule has 0 spiro atoms. The number of aromatic nitrogens is 4. The van der Waals surface area contributed by atoms with Gasteiger partial charge in [0.1, 0.15) is 10.8 Å². The minimum absolute atomic E-state index is 0. The van der Waals surface area contributed by atoms with Gasteiger partial charge >= 0.3 is 6.01 Å². The van der Waals surface area contributed by atoms with E-state index < -0.39 is 0 Å². The fourth-order valence-corrected chi connectivity index (χ4v) is 4.32. The van der Waals surface area contributed by atoms with Crippen LogP contribution >= 0.6 is 35.3 Å². The molecule has 0 bridgehead atoms. The van der Waals surface area contributed by atoms with Crippen molar-refractivity contribution in [2.75, 3.05) is 11.9 Å². The zero-order valence-corrected chi connectivity index (χ0v) is 17.7. The van der Waals surface area contributed by atoms with Crippen molar-refractivity contribution in [3.05, 3.63) is 52.8 Å². The molecule has 0 aliphatic carbocycles. The van der Waals surface area contributed by atoms with Crippen LogP contribution in [-0.2, 0) is 0 Å². The standard InChI is InChI=1S/C19H13ClN6OS.ClH/c1-10-8-14(25-19(27)23-10)26(2)17-16-13(6-7-22-17)24-18(28-16)15-11(9-21)4-3-5-12(15)20;/h3-8H,1-2H3,(H,23,25,27);1H. The van der Waals surface area contributed by atoms with Crippen LogP contribution in [0.15, 0.2) is 36.5 Å². The number of nitrogens with zero attached hydrogens (tertiary/aromatic N) is 6. The fourth-order valence-electron chi connectivity index (χ4n) is 2.84. The fraction of sp³-hybridized carbons (Fsp3) is 0.105. The van der Waals surface area contributed by atoms with Crippen LogP contribution in [0.25, 0.3) is 20.8 Å². The molecule has 0 unspecified atom stereocenters. The lowest BCUT2D eigenvalue weighted by molar-refractivity contribution is 0.429. The van der Waals surface area contributed by atoms with Crippen LogP contribution in [0.4, 0.5) is 11.6 Å². The molecule has 3 aromatic heterocycles. The highest BCUT2D eigenvalue weighted by molar-refractivity contribution is 7.22. The third-order valence-corrected chi connectivity index (χ3v) is 5.52. The quantitative estimate of drug-likeness (QED) is 0.480. The lowest BCUT2D eigenvalue weighted by Gasteiger charge is -2.17. The highest BCUT2D eigenvalue weighted by Gasteiger charge is 2.19. The summed E-state index contributed by atoms with van der Waals surface area (Å²) < 4.78 is 0.819. The number of hydrogen-bond acceptors (Lipinski definition) is 8. The zero-order valence-electron chi connectivity index (χ0n) is 15.3. The number of fused-ring (bicyclic) bond motifs is 1. The van der Waals surface area contributed by atoms with Gasteiger partial charge in [-0.1, -0.05) is 17.7 Å². The number of benzene rings is 1. The van der Waals surface area contributed by atoms with E-state index in [9.17, 15) is 10.4 Å². The van der Waals surface area contributed by atoms with E-state index in [0.29, 0.717) is 38.5 Å². The summed E-state index contributed by atoms with van der Waals surface area (Å²) in [4.78, 5) is 18.9. The summed E-state index contributed by atoms with van der Waals surface area (Å²) in [6.07, 6.45) is 1.66. The molecule has 7 nitrogen and oxygen atoms in total. The summed E-state index contributed by atoms with van der Waals surface area (Å²) >= 11 is 7.74. The first kappa shape index (κ1) is 20.7. The Labute approximate surface area is 181 Å². The predicted molar refractivity (Wildman–Crippen MR) is 116 cm³/mol. The van der Waals surface area contributed by atoms with E-state index >= 15 is 0 Å². The van der Waals surface area contributed by atoms with Crippen LogP contribution in [0.2, 0.25) is 5.02 Å². The van der Waals surface area contributed by atoms with Gasteiger partial charge in [0.2, 0.25) is 0 Å².